The Morgan fingerprint density at radius 2 is 1.18 bits per heavy atom. The van der Waals surface area contributed by atoms with Crippen molar-refractivity contribution in [1.29, 1.82) is 0 Å². The molecule has 2 saturated heterocycles. The van der Waals surface area contributed by atoms with Gasteiger partial charge in [0.1, 0.15) is 28.9 Å². The number of aromatic hydroxyl groups is 3. The third-order valence-corrected chi connectivity index (χ3v) is 9.70. The molecule has 2 aromatic carbocycles. The quantitative estimate of drug-likeness (QED) is 0.0502. The van der Waals surface area contributed by atoms with Gasteiger partial charge in [0.25, 0.3) is 0 Å². The summed E-state index contributed by atoms with van der Waals surface area (Å²) in [5.41, 5.74) is -0.893. The minimum atomic E-state index is -2.34. The van der Waals surface area contributed by atoms with Gasteiger partial charge < -0.3 is 103 Å². The van der Waals surface area contributed by atoms with E-state index in [0.717, 1.165) is 44.2 Å². The first-order chi connectivity index (χ1) is 31.9. The summed E-state index contributed by atoms with van der Waals surface area (Å²) >= 11 is 0. The van der Waals surface area contributed by atoms with Crippen LogP contribution in [0.25, 0.3) is 0 Å². The number of fused-ring (bicyclic) bond motifs is 1. The van der Waals surface area contributed by atoms with Crippen molar-refractivity contribution in [1.82, 2.24) is 0 Å². The molecule has 3 aliphatic heterocycles. The number of hydrogen-bond acceptors (Lipinski definition) is 24. The minimum absolute atomic E-state index is 0.200. The minimum Gasteiger partial charge on any atom is -0.507 e. The van der Waals surface area contributed by atoms with Crippen LogP contribution in [-0.4, -0.2) is 175 Å². The largest absolute Gasteiger partial charge is 0.507 e. The Labute approximate surface area is 377 Å². The molecule has 3 aliphatic rings. The Morgan fingerprint density at radius 3 is 1.75 bits per heavy atom. The number of carbonyl (C=O) groups is 9. The van der Waals surface area contributed by atoms with E-state index in [-0.39, 0.29) is 5.56 Å². The fourth-order valence-electron chi connectivity index (χ4n) is 7.10. The average molecular weight is 975 g/mol. The average Bonchev–Trinajstić information content (AvgIpc) is 3.21. The molecular weight excluding hydrogens is 936 g/mol. The molecule has 0 saturated carbocycles. The van der Waals surface area contributed by atoms with Crippen molar-refractivity contribution in [2.75, 3.05) is 6.61 Å². The van der Waals surface area contributed by atoms with E-state index >= 15 is 0 Å². The lowest BCUT2D eigenvalue weighted by atomic mass is 9.92. The fraction of sp³-hybridized carbons (Fsp3) is 0.447. The molecule has 3 heterocycles. The summed E-state index contributed by atoms with van der Waals surface area (Å²) in [5.74, 6) is -8.28. The van der Waals surface area contributed by atoms with Crippen molar-refractivity contribution in [3.05, 3.63) is 41.5 Å². The number of phenolic OH excluding ortho intramolecular Hbond substituents is 3. The molecule has 30 nitrogen and oxygen atoms in total. The summed E-state index contributed by atoms with van der Waals surface area (Å²) in [7, 11) is 0. The summed E-state index contributed by atoms with van der Waals surface area (Å²) in [4.78, 5) is 109. The number of carboxylic acids is 1. The highest BCUT2D eigenvalue weighted by atomic mass is 16.8. The third-order valence-electron chi connectivity index (χ3n) is 9.70. The molecule has 2 aromatic rings. The van der Waals surface area contributed by atoms with Crippen molar-refractivity contribution in [2.45, 2.75) is 100 Å². The zero-order chi connectivity index (χ0) is 50.3. The van der Waals surface area contributed by atoms with Crippen molar-refractivity contribution in [3.63, 3.8) is 0 Å². The lowest BCUT2D eigenvalue weighted by molar-refractivity contribution is -0.334. The van der Waals surface area contributed by atoms with E-state index in [1.807, 2.05) is 0 Å². The van der Waals surface area contributed by atoms with Crippen molar-refractivity contribution in [2.24, 2.45) is 0 Å². The molecule has 30 heteroatoms. The van der Waals surface area contributed by atoms with Gasteiger partial charge in [-0.2, -0.15) is 0 Å². The molecule has 0 radical (unpaired) electrons. The second-order valence-corrected chi connectivity index (χ2v) is 14.3. The van der Waals surface area contributed by atoms with Gasteiger partial charge in [-0.1, -0.05) is 6.07 Å². The number of benzene rings is 2. The molecule has 2 fully saturated rings. The molecule has 0 spiro atoms. The maximum atomic E-state index is 14.5. The van der Waals surface area contributed by atoms with E-state index in [1.54, 1.807) is 0 Å². The zero-order valence-corrected chi connectivity index (χ0v) is 34.5. The first kappa shape index (κ1) is 50.9. The van der Waals surface area contributed by atoms with Gasteiger partial charge in [-0.25, -0.2) is 24.0 Å². The predicted molar refractivity (Wildman–Crippen MR) is 202 cm³/mol. The number of esters is 2. The number of aliphatic carboxylic acids is 1. The van der Waals surface area contributed by atoms with Crippen LogP contribution in [-0.2, 0) is 61.8 Å². The van der Waals surface area contributed by atoms with Crippen LogP contribution in [0.3, 0.4) is 0 Å². The van der Waals surface area contributed by atoms with E-state index < -0.39 is 182 Å². The van der Waals surface area contributed by atoms with Gasteiger partial charge in [0, 0.05) is 19.1 Å². The number of rotatable bonds is 16. The second-order valence-electron chi connectivity index (χ2n) is 14.3. The maximum absolute atomic E-state index is 14.5. The van der Waals surface area contributed by atoms with Crippen LogP contribution in [0.4, 0.5) is 24.0 Å². The number of carboxylic acid groups (broad SMARTS) is 6. The molecule has 0 aliphatic carbocycles. The smallest absolute Gasteiger partial charge is 0.506 e. The Hall–Kier alpha value is -8.09. The van der Waals surface area contributed by atoms with Gasteiger partial charge in [0.05, 0.1) is 25.6 Å². The van der Waals surface area contributed by atoms with Gasteiger partial charge in [0.15, 0.2) is 72.9 Å². The molecule has 0 aromatic heterocycles. The molecule has 370 valence electrons. The van der Waals surface area contributed by atoms with Crippen LogP contribution in [0.15, 0.2) is 30.3 Å². The first-order valence-electron chi connectivity index (χ1n) is 19.2. The van der Waals surface area contributed by atoms with Crippen molar-refractivity contribution < 1.29 is 146 Å². The molecular formula is C38H38O30. The molecule has 5 rings (SSSR count). The fourth-order valence-corrected chi connectivity index (χ4v) is 7.10. The van der Waals surface area contributed by atoms with Crippen LogP contribution >= 0.6 is 0 Å². The maximum Gasteiger partial charge on any atom is 0.506 e. The van der Waals surface area contributed by atoms with Crippen molar-refractivity contribution in [3.8, 4) is 28.7 Å². The monoisotopic (exact) mass is 974 g/mol. The van der Waals surface area contributed by atoms with Crippen LogP contribution < -0.4 is 9.47 Å². The van der Waals surface area contributed by atoms with Crippen molar-refractivity contribution >= 4 is 54.5 Å². The number of ketones is 1. The Morgan fingerprint density at radius 1 is 0.618 bits per heavy atom. The number of phenols is 3. The summed E-state index contributed by atoms with van der Waals surface area (Å²) < 4.78 is 63.5. The number of carbonyl (C=O) groups excluding carboxylic acids is 3. The van der Waals surface area contributed by atoms with E-state index in [4.69, 9.17) is 57.2 Å². The topological polar surface area (TPSA) is 446 Å². The normalized spacial score (nSPS) is 27.4. The molecule has 9 N–H and O–H groups in total. The highest BCUT2D eigenvalue weighted by Crippen LogP contribution is 2.45. The number of hydrogen-bond donors (Lipinski definition) is 9. The van der Waals surface area contributed by atoms with Crippen LogP contribution in [0, 0.1) is 0 Å². The predicted octanol–water partition coefficient (Wildman–Crippen LogP) is 2.01. The first-order valence-corrected chi connectivity index (χ1v) is 19.2. The highest BCUT2D eigenvalue weighted by Gasteiger charge is 2.57. The zero-order valence-electron chi connectivity index (χ0n) is 34.5. The molecule has 6 unspecified atom stereocenters. The second kappa shape index (κ2) is 21.5. The highest BCUT2D eigenvalue weighted by molar-refractivity contribution is 6.06. The van der Waals surface area contributed by atoms with Gasteiger partial charge in [-0.3, -0.25) is 19.2 Å². The molecule has 12 atom stereocenters. The lowest BCUT2D eigenvalue weighted by Crippen LogP contribution is -2.65. The number of ether oxygens (including phenoxy) is 12. The SMILES string of the molecule is CC(=O)OC1[C@H](OC2C(=O)c3c(O)cc(OC(=O)CCC(=O)O)cc3OC2c2ccc(O)c(O)c2)O[C@H](CO[C@H]2OC(C)C(OC(=O)O)[C@@H](OC(=O)O)[C@H]2OC(=O)O)C(OC(=O)O)[C@@H]1OC(=O)O. The Balaban J connectivity index is 1.58. The van der Waals surface area contributed by atoms with E-state index in [1.165, 1.54) is 0 Å². The standard InChI is InChI=1S/C38H38O30/c1-11-24(64-34(47)48)28(66-36(51)52)30(68-38(55)56)32(58-11)57-10-19-26(65-35(49)50)29(67-37(53)54)31(59-12(2)39)33(62-19)63-27-23(46)22-17(42)8-14(60-21(45)6-5-20(43)44)9-18(22)61-25(27)13-3-4-15(40)16(41)7-13/h3-4,7-9,11,19,24-33,40-42H,5-6,10H2,1-2H3,(H,43,44)(H,47,48)(H,49,50)(H,51,52)(H,53,54)(H,55,56)/t11?,19-,24?,25?,26?,27?,28-,29+,30-,31?,32+,33+/m1/s1. The van der Waals surface area contributed by atoms with Gasteiger partial charge >= 0.3 is 48.7 Å². The van der Waals surface area contributed by atoms with Crippen LogP contribution in [0.2, 0.25) is 0 Å². The third kappa shape index (κ3) is 12.4. The van der Waals surface area contributed by atoms with Gasteiger partial charge in [0.2, 0.25) is 5.78 Å². The van der Waals surface area contributed by atoms with Gasteiger partial charge in [-0.15, -0.1) is 0 Å². The van der Waals surface area contributed by atoms with E-state index in [9.17, 15) is 84.0 Å². The summed E-state index contributed by atoms with van der Waals surface area (Å²) in [6.07, 6.45) is -37.1. The lowest BCUT2D eigenvalue weighted by Gasteiger charge is -2.46. The molecule has 0 amide bonds. The van der Waals surface area contributed by atoms with Gasteiger partial charge in [-0.05, 0) is 24.6 Å². The summed E-state index contributed by atoms with van der Waals surface area (Å²) in [6, 6.07) is 4.62. The number of Topliss-reactive ketones (excluding diaryl/α,β-unsaturated/α-hetero) is 1. The Bertz CT molecular complexity index is 2290. The molecule has 0 bridgehead atoms. The summed E-state index contributed by atoms with van der Waals surface area (Å²) in [6.45, 7) is 0.721. The van der Waals surface area contributed by atoms with E-state index in [0.29, 0.717) is 0 Å². The molecule has 68 heavy (non-hydrogen) atoms. The van der Waals surface area contributed by atoms with E-state index in [2.05, 4.69) is 4.74 Å². The van der Waals surface area contributed by atoms with Crippen LogP contribution in [0.5, 0.6) is 28.7 Å². The summed E-state index contributed by atoms with van der Waals surface area (Å²) in [5, 5.41) is 88.2. The Kier molecular flexibility index (Phi) is 16.1. The van der Waals surface area contributed by atoms with Crippen LogP contribution in [0.1, 0.15) is 48.7 Å².